The van der Waals surface area contributed by atoms with Crippen molar-refractivity contribution in [1.29, 1.82) is 0 Å². The highest BCUT2D eigenvalue weighted by Crippen LogP contribution is 2.69. The Balaban J connectivity index is 1.25. The van der Waals surface area contributed by atoms with Gasteiger partial charge >= 0.3 is 5.97 Å². The number of rotatable bonds is 5. The molecule has 1 saturated heterocycles. The molecule has 0 spiro atoms. The van der Waals surface area contributed by atoms with Crippen molar-refractivity contribution in [3.63, 3.8) is 0 Å². The van der Waals surface area contributed by atoms with Crippen LogP contribution in [-0.4, -0.2) is 48.7 Å². The first-order valence-electron chi connectivity index (χ1n) is 12.0. The Morgan fingerprint density at radius 1 is 1.03 bits per heavy atom. The molecular weight excluding hydrogens is 372 g/mol. The molecule has 1 aliphatic heterocycles. The van der Waals surface area contributed by atoms with E-state index in [9.17, 15) is 9.90 Å². The number of piperazine rings is 1. The number of carboxylic acid groups (broad SMARTS) is 1. The fourth-order valence-electron chi connectivity index (χ4n) is 8.78. The van der Waals surface area contributed by atoms with Gasteiger partial charge in [0, 0.05) is 38.4 Å². The summed E-state index contributed by atoms with van der Waals surface area (Å²) in [6.45, 7) is 12.8. The summed E-state index contributed by atoms with van der Waals surface area (Å²) in [4.78, 5) is 16.6. The summed E-state index contributed by atoms with van der Waals surface area (Å²) in [5.74, 6) is 0.152. The lowest BCUT2D eigenvalue weighted by atomic mass is 9.40. The van der Waals surface area contributed by atoms with Gasteiger partial charge in [-0.2, -0.15) is 0 Å². The Hall–Kier alpha value is -1.55. The summed E-state index contributed by atoms with van der Waals surface area (Å²) in [7, 11) is 0. The number of hydrogen-bond acceptors (Lipinski definition) is 3. The maximum absolute atomic E-state index is 11.4. The number of aromatic carboxylic acids is 1. The van der Waals surface area contributed by atoms with Gasteiger partial charge in [0.1, 0.15) is 0 Å². The van der Waals surface area contributed by atoms with Crippen molar-refractivity contribution in [2.75, 3.05) is 37.6 Å². The Bertz CT molecular complexity index is 823. The number of hydrogen-bond donors (Lipinski definition) is 1. The molecule has 30 heavy (non-hydrogen) atoms. The van der Waals surface area contributed by atoms with Crippen LogP contribution >= 0.6 is 0 Å². The van der Waals surface area contributed by atoms with Gasteiger partial charge in [0.15, 0.2) is 0 Å². The van der Waals surface area contributed by atoms with Crippen molar-refractivity contribution in [3.8, 4) is 0 Å². The molecule has 4 bridgehead atoms. The molecule has 4 aliphatic carbocycles. The van der Waals surface area contributed by atoms with E-state index in [1.54, 1.807) is 6.07 Å². The van der Waals surface area contributed by atoms with Gasteiger partial charge in [-0.05, 0) is 90.9 Å². The second-order valence-corrected chi connectivity index (χ2v) is 11.9. The lowest BCUT2D eigenvalue weighted by Gasteiger charge is -2.66. The van der Waals surface area contributed by atoms with Gasteiger partial charge < -0.3 is 10.0 Å². The van der Waals surface area contributed by atoms with Crippen molar-refractivity contribution < 1.29 is 9.90 Å². The Kier molecular flexibility index (Phi) is 4.74. The number of carbonyl (C=O) groups is 1. The van der Waals surface area contributed by atoms with Crippen molar-refractivity contribution in [1.82, 2.24) is 4.90 Å². The molecule has 6 rings (SSSR count). The van der Waals surface area contributed by atoms with Crippen LogP contribution in [0.2, 0.25) is 0 Å². The van der Waals surface area contributed by atoms with Gasteiger partial charge in [0.05, 0.1) is 5.56 Å². The summed E-state index contributed by atoms with van der Waals surface area (Å²) < 4.78 is 0. The molecule has 0 aromatic heterocycles. The quantitative estimate of drug-likeness (QED) is 0.736. The fourth-order valence-corrected chi connectivity index (χ4v) is 8.78. The van der Waals surface area contributed by atoms with E-state index >= 15 is 0 Å². The minimum Gasteiger partial charge on any atom is -0.478 e. The number of carboxylic acids is 1. The molecule has 5 aliphatic rings. The van der Waals surface area contributed by atoms with Crippen molar-refractivity contribution in [2.24, 2.45) is 22.2 Å². The second kappa shape index (κ2) is 6.98. The van der Waals surface area contributed by atoms with Gasteiger partial charge in [-0.15, -0.1) is 0 Å². The standard InChI is InChI=1S/C26H38N2O2/c1-4-20-11-21(5-6-22(20)23(29)30)28-9-7-27(8-10-28)18-26-14-19-12-24(2,16-26)15-25(3,13-19)17-26/h5-6,11,19H,4,7-10,12-18H2,1-3H3,(H,29,30). The van der Waals surface area contributed by atoms with Gasteiger partial charge in [0.2, 0.25) is 0 Å². The first-order valence-corrected chi connectivity index (χ1v) is 12.0. The molecule has 5 fully saturated rings. The molecule has 0 amide bonds. The van der Waals surface area contributed by atoms with Crippen LogP contribution in [0.25, 0.3) is 0 Å². The van der Waals surface area contributed by atoms with E-state index in [1.807, 2.05) is 13.0 Å². The summed E-state index contributed by atoms with van der Waals surface area (Å²) in [5.41, 5.74) is 4.33. The van der Waals surface area contributed by atoms with Gasteiger partial charge in [0.25, 0.3) is 0 Å². The normalized spacial score (nSPS) is 38.2. The van der Waals surface area contributed by atoms with Crippen molar-refractivity contribution in [3.05, 3.63) is 29.3 Å². The summed E-state index contributed by atoms with van der Waals surface area (Å²) >= 11 is 0. The molecule has 1 aromatic rings. The molecule has 4 nitrogen and oxygen atoms in total. The zero-order chi connectivity index (χ0) is 21.1. The molecular formula is C26H38N2O2. The zero-order valence-corrected chi connectivity index (χ0v) is 19.0. The molecule has 2 unspecified atom stereocenters. The van der Waals surface area contributed by atoms with Gasteiger partial charge in [-0.3, -0.25) is 4.90 Å². The molecule has 0 radical (unpaired) electrons. The zero-order valence-electron chi connectivity index (χ0n) is 19.0. The third kappa shape index (κ3) is 3.55. The van der Waals surface area contributed by atoms with Crippen LogP contribution in [0.1, 0.15) is 75.2 Å². The Labute approximate surface area is 181 Å². The largest absolute Gasteiger partial charge is 0.478 e. The molecule has 1 N–H and O–H groups in total. The fraction of sp³-hybridized carbons (Fsp3) is 0.731. The highest BCUT2D eigenvalue weighted by atomic mass is 16.4. The molecule has 4 saturated carbocycles. The minimum absolute atomic E-state index is 0.448. The number of benzene rings is 1. The first kappa shape index (κ1) is 20.4. The topological polar surface area (TPSA) is 43.8 Å². The lowest BCUT2D eigenvalue weighted by Crippen LogP contribution is -2.59. The van der Waals surface area contributed by atoms with Crippen LogP contribution in [0.4, 0.5) is 5.69 Å². The van der Waals surface area contributed by atoms with Gasteiger partial charge in [-0.25, -0.2) is 4.79 Å². The second-order valence-electron chi connectivity index (χ2n) is 11.9. The van der Waals surface area contributed by atoms with Crippen molar-refractivity contribution in [2.45, 2.75) is 65.7 Å². The summed E-state index contributed by atoms with van der Waals surface area (Å²) in [6.07, 6.45) is 9.53. The van der Waals surface area contributed by atoms with E-state index in [2.05, 4.69) is 29.7 Å². The summed E-state index contributed by atoms with van der Waals surface area (Å²) in [5, 5.41) is 9.40. The van der Waals surface area contributed by atoms with E-state index in [1.165, 1.54) is 50.8 Å². The van der Waals surface area contributed by atoms with Gasteiger partial charge in [-0.1, -0.05) is 20.8 Å². The minimum atomic E-state index is -0.818. The van der Waals surface area contributed by atoms with E-state index < -0.39 is 5.97 Å². The van der Waals surface area contributed by atoms with Crippen LogP contribution < -0.4 is 4.90 Å². The third-order valence-corrected chi connectivity index (χ3v) is 8.74. The number of nitrogens with zero attached hydrogens (tertiary/aromatic N) is 2. The summed E-state index contributed by atoms with van der Waals surface area (Å²) in [6, 6.07) is 5.89. The van der Waals surface area contributed by atoms with E-state index in [0.717, 1.165) is 44.1 Å². The predicted octanol–water partition coefficient (Wildman–Crippen LogP) is 5.07. The average Bonchev–Trinajstić information content (AvgIpc) is 2.64. The van der Waals surface area contributed by atoms with Crippen LogP contribution in [0, 0.1) is 22.2 Å². The highest BCUT2D eigenvalue weighted by molar-refractivity contribution is 5.90. The predicted molar refractivity (Wildman–Crippen MR) is 121 cm³/mol. The smallest absolute Gasteiger partial charge is 0.335 e. The highest BCUT2D eigenvalue weighted by Gasteiger charge is 2.60. The van der Waals surface area contributed by atoms with E-state index in [0.29, 0.717) is 21.8 Å². The third-order valence-electron chi connectivity index (χ3n) is 8.74. The average molecular weight is 411 g/mol. The molecule has 1 aromatic carbocycles. The Morgan fingerprint density at radius 2 is 1.70 bits per heavy atom. The molecule has 4 heteroatoms. The van der Waals surface area contributed by atoms with Crippen LogP contribution in [-0.2, 0) is 6.42 Å². The first-order chi connectivity index (χ1) is 14.2. The lowest BCUT2D eigenvalue weighted by molar-refractivity contribution is -0.153. The molecule has 1 heterocycles. The van der Waals surface area contributed by atoms with Crippen LogP contribution in [0.15, 0.2) is 18.2 Å². The SMILES string of the molecule is CCc1cc(N2CCN(CC34CC5CC(C)(CC(C)(C5)C3)C4)CC2)ccc1C(=O)O. The molecule has 2 atom stereocenters. The number of aryl methyl sites for hydroxylation is 1. The molecule has 164 valence electrons. The van der Waals surface area contributed by atoms with Crippen LogP contribution in [0.5, 0.6) is 0 Å². The number of anilines is 1. The van der Waals surface area contributed by atoms with E-state index in [4.69, 9.17) is 0 Å². The van der Waals surface area contributed by atoms with Crippen molar-refractivity contribution >= 4 is 11.7 Å². The maximum Gasteiger partial charge on any atom is 0.335 e. The van der Waals surface area contributed by atoms with E-state index in [-0.39, 0.29) is 0 Å². The van der Waals surface area contributed by atoms with Crippen LogP contribution in [0.3, 0.4) is 0 Å². The Morgan fingerprint density at radius 3 is 2.27 bits per heavy atom. The monoisotopic (exact) mass is 410 g/mol. The maximum atomic E-state index is 11.4.